The molecule has 0 aliphatic heterocycles. The molecule has 3 saturated carbocycles. The molecule has 0 saturated heterocycles. The average molecular weight is 604 g/mol. The number of carbonyl (C=O) groups is 1. The predicted octanol–water partition coefficient (Wildman–Crippen LogP) is 10.6. The molecule has 0 aromatic heterocycles. The van der Waals surface area contributed by atoms with Crippen molar-refractivity contribution in [2.75, 3.05) is 13.2 Å². The molecule has 0 N–H and O–H groups in total. The van der Waals surface area contributed by atoms with E-state index < -0.39 is 8.32 Å². The fourth-order valence-electron chi connectivity index (χ4n) is 9.56. The molecule has 6 nitrogen and oxygen atoms in total. The summed E-state index contributed by atoms with van der Waals surface area (Å²) in [5, 5.41) is 4.43. The Hall–Kier alpha value is -1.04. The number of fused-ring (bicyclic) bond motifs is 1. The fourth-order valence-corrected chi connectivity index (χ4v) is 11.0. The Labute approximate surface area is 259 Å². The topological polar surface area (TPSA) is 84.3 Å². The number of esters is 1. The van der Waals surface area contributed by atoms with Gasteiger partial charge in [-0.05, 0) is 115 Å². The molecule has 0 aromatic carbocycles. The van der Waals surface area contributed by atoms with Gasteiger partial charge >= 0.3 is 5.97 Å². The Kier molecular flexibility index (Phi) is 11.8. The molecule has 3 fully saturated rings. The van der Waals surface area contributed by atoms with Gasteiger partial charge in [-0.3, -0.25) is 4.79 Å². The maximum atomic E-state index is 12.0. The SMILES string of the molecule is CC(=O)OC[C@H]1C[C@@H](O[Si](C)(C)C(C)(C)C)CC[C@]1(C)[C@H]1CC[C@]2(C)[C@@H]([C@H](C)CCCC(C)C)CC[C@H]2[C@@H]1CN=[N+]=[N-]. The maximum Gasteiger partial charge on any atom is 0.302 e. The van der Waals surface area contributed by atoms with Crippen LogP contribution in [0.15, 0.2) is 5.11 Å². The van der Waals surface area contributed by atoms with E-state index in [-0.39, 0.29) is 28.4 Å². The Morgan fingerprint density at radius 2 is 1.67 bits per heavy atom. The van der Waals surface area contributed by atoms with Crippen molar-refractivity contribution in [3.8, 4) is 0 Å². The Morgan fingerprint density at radius 1 is 1.02 bits per heavy atom. The molecule has 0 radical (unpaired) electrons. The monoisotopic (exact) mass is 603 g/mol. The Bertz CT molecular complexity index is 958. The Morgan fingerprint density at radius 3 is 2.26 bits per heavy atom. The lowest BCUT2D eigenvalue weighted by Crippen LogP contribution is -2.54. The number of hydrogen-bond donors (Lipinski definition) is 0. The molecule has 0 heterocycles. The van der Waals surface area contributed by atoms with E-state index >= 15 is 0 Å². The van der Waals surface area contributed by atoms with Crippen LogP contribution in [0, 0.1) is 52.3 Å². The molecule has 3 rings (SSSR count). The zero-order valence-corrected chi connectivity index (χ0v) is 30.2. The second kappa shape index (κ2) is 13.9. The summed E-state index contributed by atoms with van der Waals surface area (Å²) >= 11 is 0. The quantitative estimate of drug-likeness (QED) is 0.0731. The highest BCUT2D eigenvalue weighted by molar-refractivity contribution is 6.74. The summed E-state index contributed by atoms with van der Waals surface area (Å²) < 4.78 is 12.7. The normalized spacial score (nSPS) is 36.3. The predicted molar refractivity (Wildman–Crippen MR) is 177 cm³/mol. The van der Waals surface area contributed by atoms with E-state index in [4.69, 9.17) is 9.16 Å². The highest BCUT2D eigenvalue weighted by Crippen LogP contribution is 2.65. The van der Waals surface area contributed by atoms with Crippen LogP contribution in [0.5, 0.6) is 0 Å². The van der Waals surface area contributed by atoms with Gasteiger partial charge in [-0.2, -0.15) is 0 Å². The summed E-state index contributed by atoms with van der Waals surface area (Å²) in [4.78, 5) is 15.3. The van der Waals surface area contributed by atoms with Crippen molar-refractivity contribution in [3.05, 3.63) is 10.4 Å². The van der Waals surface area contributed by atoms with Crippen molar-refractivity contribution in [2.24, 2.45) is 57.4 Å². The van der Waals surface area contributed by atoms with Crippen molar-refractivity contribution < 1.29 is 14.0 Å². The van der Waals surface area contributed by atoms with E-state index in [1.54, 1.807) is 0 Å². The lowest BCUT2D eigenvalue weighted by Gasteiger charge is -2.58. The second-order valence-corrected chi connectivity index (χ2v) is 21.9. The van der Waals surface area contributed by atoms with E-state index in [1.165, 1.54) is 51.9 Å². The number of rotatable bonds is 12. The third-order valence-corrected chi connectivity index (χ3v) is 17.6. The molecule has 0 aromatic rings. The van der Waals surface area contributed by atoms with Crippen molar-refractivity contribution >= 4 is 14.3 Å². The summed E-state index contributed by atoms with van der Waals surface area (Å²) in [7, 11) is -1.91. The maximum absolute atomic E-state index is 12.0. The third kappa shape index (κ3) is 7.78. The summed E-state index contributed by atoms with van der Waals surface area (Å²) in [5.74, 6) is 3.76. The van der Waals surface area contributed by atoms with Crippen LogP contribution in [-0.2, 0) is 14.0 Å². The van der Waals surface area contributed by atoms with Crippen LogP contribution in [0.4, 0.5) is 0 Å². The lowest BCUT2D eigenvalue weighted by molar-refractivity contribution is -0.150. The van der Waals surface area contributed by atoms with Crippen molar-refractivity contribution in [3.63, 3.8) is 0 Å². The molecule has 3 aliphatic carbocycles. The van der Waals surface area contributed by atoms with Gasteiger partial charge in [-0.25, -0.2) is 0 Å². The van der Waals surface area contributed by atoms with Crippen LogP contribution >= 0.6 is 0 Å². The molecule has 42 heavy (non-hydrogen) atoms. The first-order valence-corrected chi connectivity index (χ1v) is 20.2. The minimum Gasteiger partial charge on any atom is -0.466 e. The number of ether oxygens (including phenoxy) is 1. The van der Waals surface area contributed by atoms with Gasteiger partial charge in [0.2, 0.25) is 0 Å². The molecule has 0 bridgehead atoms. The van der Waals surface area contributed by atoms with Gasteiger partial charge in [-0.1, -0.05) is 79.8 Å². The van der Waals surface area contributed by atoms with Gasteiger partial charge in [0.25, 0.3) is 0 Å². The van der Waals surface area contributed by atoms with Gasteiger partial charge in [0.15, 0.2) is 8.32 Å². The van der Waals surface area contributed by atoms with E-state index in [2.05, 4.69) is 78.5 Å². The lowest BCUT2D eigenvalue weighted by atomic mass is 9.48. The third-order valence-electron chi connectivity index (χ3n) is 13.1. The first-order chi connectivity index (χ1) is 19.5. The smallest absolute Gasteiger partial charge is 0.302 e. The van der Waals surface area contributed by atoms with Crippen molar-refractivity contribution in [2.45, 2.75) is 151 Å². The van der Waals surface area contributed by atoms with Crippen LogP contribution in [0.3, 0.4) is 0 Å². The van der Waals surface area contributed by atoms with Gasteiger partial charge in [-0.15, -0.1) is 0 Å². The van der Waals surface area contributed by atoms with Gasteiger partial charge in [0, 0.05) is 30.4 Å². The van der Waals surface area contributed by atoms with Crippen LogP contribution in [-0.4, -0.2) is 33.5 Å². The molecule has 3 aliphatic rings. The summed E-state index contributed by atoms with van der Waals surface area (Å²) in [5.41, 5.74) is 9.78. The fraction of sp³-hybridized carbons (Fsp3) is 0.971. The molecule has 0 spiro atoms. The van der Waals surface area contributed by atoms with Crippen LogP contribution in [0.1, 0.15) is 127 Å². The van der Waals surface area contributed by atoms with E-state index in [0.717, 1.165) is 37.0 Å². The van der Waals surface area contributed by atoms with E-state index in [9.17, 15) is 10.3 Å². The molecular weight excluding hydrogens is 538 g/mol. The van der Waals surface area contributed by atoms with Crippen molar-refractivity contribution in [1.29, 1.82) is 0 Å². The molecule has 0 unspecified atom stereocenters. The Balaban J connectivity index is 1.87. The molecule has 0 amide bonds. The van der Waals surface area contributed by atoms with E-state index in [0.29, 0.717) is 36.3 Å². The second-order valence-electron chi connectivity index (χ2n) is 17.1. The van der Waals surface area contributed by atoms with Crippen LogP contribution in [0.2, 0.25) is 18.1 Å². The highest BCUT2D eigenvalue weighted by Gasteiger charge is 2.59. The number of carbonyl (C=O) groups excluding carboxylic acids is 1. The van der Waals surface area contributed by atoms with Gasteiger partial charge in [0.05, 0.1) is 6.61 Å². The van der Waals surface area contributed by atoms with Crippen LogP contribution < -0.4 is 0 Å². The minimum absolute atomic E-state index is 0.0285. The zero-order valence-electron chi connectivity index (χ0n) is 29.2. The number of azide groups is 1. The van der Waals surface area contributed by atoms with Crippen LogP contribution in [0.25, 0.3) is 10.4 Å². The summed E-state index contributed by atoms with van der Waals surface area (Å²) in [6.07, 6.45) is 12.3. The highest BCUT2D eigenvalue weighted by atomic mass is 28.4. The number of nitrogens with zero attached hydrogens (tertiary/aromatic N) is 3. The summed E-state index contributed by atoms with van der Waals surface area (Å²) in [6, 6.07) is 0. The first-order valence-electron chi connectivity index (χ1n) is 17.3. The molecule has 7 heteroatoms. The summed E-state index contributed by atoms with van der Waals surface area (Å²) in [6.45, 7) is 26.4. The van der Waals surface area contributed by atoms with Crippen molar-refractivity contribution in [1.82, 2.24) is 0 Å². The molecular formula is C35H65N3O3Si. The minimum atomic E-state index is -1.91. The molecule has 242 valence electrons. The number of hydrogen-bond acceptors (Lipinski definition) is 4. The first kappa shape index (κ1) is 35.4. The van der Waals surface area contributed by atoms with E-state index in [1.807, 2.05) is 0 Å². The van der Waals surface area contributed by atoms with Gasteiger partial charge < -0.3 is 9.16 Å². The largest absolute Gasteiger partial charge is 0.466 e. The average Bonchev–Trinajstić information content (AvgIpc) is 3.23. The molecule has 9 atom stereocenters. The standard InChI is InChI=1S/C35H65N3O3Si/c1-24(2)13-12-14-25(3)30-15-16-31-29(22-37-38-36)32(18-20-35(30,31)9)34(8)19-17-28(21-27(34)23-40-26(4)39)41-42(10,11)33(5,6)7/h24-25,27-32H,12-23H2,1-11H3/t25-,27-,28+,29+,30-,31+,32+,34+,35-/m1/s1. The van der Waals surface area contributed by atoms with Gasteiger partial charge in [0.1, 0.15) is 0 Å². The zero-order chi connectivity index (χ0) is 31.5.